The minimum absolute atomic E-state index is 0.265. The first-order valence-corrected chi connectivity index (χ1v) is 6.93. The number of hydrogen-bond donors (Lipinski definition) is 1. The van der Waals surface area contributed by atoms with Gasteiger partial charge in [-0.05, 0) is 30.3 Å². The van der Waals surface area contributed by atoms with Crippen LogP contribution in [0, 0.1) is 0 Å². The van der Waals surface area contributed by atoms with Crippen LogP contribution in [0.4, 0.5) is 5.69 Å². The number of hydrogen-bond acceptors (Lipinski definition) is 2. The lowest BCUT2D eigenvalue weighted by molar-refractivity contribution is -0.111. The summed E-state index contributed by atoms with van der Waals surface area (Å²) in [6.07, 6.45) is 3.12. The number of nitrogens with one attached hydrogen (secondary N) is 1. The third-order valence-corrected chi connectivity index (χ3v) is 3.48. The number of rotatable bonds is 4. The minimum Gasteiger partial charge on any atom is -0.496 e. The molecule has 0 saturated carbocycles. The van der Waals surface area contributed by atoms with Gasteiger partial charge in [0.05, 0.1) is 17.2 Å². The van der Waals surface area contributed by atoms with Crippen molar-refractivity contribution in [1.29, 1.82) is 0 Å². The van der Waals surface area contributed by atoms with Crippen LogP contribution in [-0.4, -0.2) is 13.0 Å². The standard InChI is InChI=1S/C16H13Cl2NO2/c1-21-15-5-3-2-4-11(15)6-9-16(20)19-12-7-8-13(17)14(18)10-12/h2-10H,1H3,(H,19,20)/b9-6+. The molecular weight excluding hydrogens is 309 g/mol. The normalized spacial score (nSPS) is 10.6. The second-order valence-electron chi connectivity index (χ2n) is 4.19. The van der Waals surface area contributed by atoms with E-state index >= 15 is 0 Å². The van der Waals surface area contributed by atoms with Crippen LogP contribution in [0.25, 0.3) is 6.08 Å². The molecule has 0 bridgehead atoms. The van der Waals surface area contributed by atoms with Gasteiger partial charge in [0.1, 0.15) is 5.75 Å². The lowest BCUT2D eigenvalue weighted by Crippen LogP contribution is -2.07. The van der Waals surface area contributed by atoms with E-state index in [1.807, 2.05) is 24.3 Å². The molecule has 0 atom stereocenters. The summed E-state index contributed by atoms with van der Waals surface area (Å²) in [5.41, 5.74) is 1.41. The summed E-state index contributed by atoms with van der Waals surface area (Å²) in [7, 11) is 1.59. The van der Waals surface area contributed by atoms with Crippen LogP contribution in [-0.2, 0) is 4.79 Å². The molecule has 0 radical (unpaired) electrons. The summed E-state index contributed by atoms with van der Waals surface area (Å²) >= 11 is 11.7. The molecule has 21 heavy (non-hydrogen) atoms. The number of carbonyl (C=O) groups is 1. The van der Waals surface area contributed by atoms with Crippen LogP contribution in [0.5, 0.6) is 5.75 Å². The Balaban J connectivity index is 2.07. The predicted octanol–water partition coefficient (Wildman–Crippen LogP) is 4.65. The van der Waals surface area contributed by atoms with Gasteiger partial charge in [0, 0.05) is 17.3 Å². The highest BCUT2D eigenvalue weighted by atomic mass is 35.5. The Morgan fingerprint density at radius 3 is 2.62 bits per heavy atom. The highest BCUT2D eigenvalue weighted by Gasteiger charge is 2.03. The van der Waals surface area contributed by atoms with E-state index in [4.69, 9.17) is 27.9 Å². The molecule has 3 nitrogen and oxygen atoms in total. The molecular formula is C16H13Cl2NO2. The summed E-state index contributed by atoms with van der Waals surface area (Å²) < 4.78 is 5.21. The summed E-state index contributed by atoms with van der Waals surface area (Å²) in [5, 5.41) is 3.54. The molecule has 0 aliphatic carbocycles. The Kier molecular flexibility index (Phi) is 5.26. The SMILES string of the molecule is COc1ccccc1/C=C/C(=O)Nc1ccc(Cl)c(Cl)c1. The van der Waals surface area contributed by atoms with Gasteiger partial charge in [-0.2, -0.15) is 0 Å². The van der Waals surface area contributed by atoms with Crippen molar-refractivity contribution in [3.63, 3.8) is 0 Å². The van der Waals surface area contributed by atoms with Crippen molar-refractivity contribution in [2.24, 2.45) is 0 Å². The maximum absolute atomic E-state index is 11.9. The largest absolute Gasteiger partial charge is 0.496 e. The zero-order chi connectivity index (χ0) is 15.2. The van der Waals surface area contributed by atoms with Gasteiger partial charge in [-0.1, -0.05) is 41.4 Å². The maximum atomic E-state index is 11.9. The van der Waals surface area contributed by atoms with Crippen molar-refractivity contribution in [3.8, 4) is 5.75 Å². The molecule has 0 aromatic heterocycles. The van der Waals surface area contributed by atoms with Crippen molar-refractivity contribution in [1.82, 2.24) is 0 Å². The van der Waals surface area contributed by atoms with Crippen molar-refractivity contribution < 1.29 is 9.53 Å². The molecule has 0 aliphatic heterocycles. The van der Waals surface area contributed by atoms with E-state index in [-0.39, 0.29) is 5.91 Å². The topological polar surface area (TPSA) is 38.3 Å². The minimum atomic E-state index is -0.265. The number of para-hydroxylation sites is 1. The number of anilines is 1. The molecule has 0 heterocycles. The number of amides is 1. The van der Waals surface area contributed by atoms with E-state index < -0.39 is 0 Å². The first-order valence-electron chi connectivity index (χ1n) is 6.17. The quantitative estimate of drug-likeness (QED) is 0.832. The third-order valence-electron chi connectivity index (χ3n) is 2.74. The van der Waals surface area contributed by atoms with Gasteiger partial charge in [-0.15, -0.1) is 0 Å². The molecule has 0 unspecified atom stereocenters. The van der Waals surface area contributed by atoms with Crippen molar-refractivity contribution in [2.75, 3.05) is 12.4 Å². The second-order valence-corrected chi connectivity index (χ2v) is 5.01. The van der Waals surface area contributed by atoms with Gasteiger partial charge >= 0.3 is 0 Å². The average Bonchev–Trinajstić information content (AvgIpc) is 2.49. The zero-order valence-corrected chi connectivity index (χ0v) is 12.8. The van der Waals surface area contributed by atoms with Crippen LogP contribution in [0.1, 0.15) is 5.56 Å². The van der Waals surface area contributed by atoms with Crippen LogP contribution >= 0.6 is 23.2 Å². The molecule has 0 spiro atoms. The van der Waals surface area contributed by atoms with Crippen LogP contribution in [0.3, 0.4) is 0 Å². The monoisotopic (exact) mass is 321 g/mol. The highest BCUT2D eigenvalue weighted by molar-refractivity contribution is 6.42. The number of methoxy groups -OCH3 is 1. The van der Waals surface area contributed by atoms with E-state index in [2.05, 4.69) is 5.32 Å². The molecule has 108 valence electrons. The lowest BCUT2D eigenvalue weighted by atomic mass is 10.2. The predicted molar refractivity (Wildman–Crippen MR) is 87.1 cm³/mol. The van der Waals surface area contributed by atoms with Crippen molar-refractivity contribution >= 4 is 40.9 Å². The molecule has 2 rings (SSSR count). The Bertz CT molecular complexity index is 684. The Hall–Kier alpha value is -1.97. The molecule has 2 aromatic rings. The van der Waals surface area contributed by atoms with Gasteiger partial charge in [0.2, 0.25) is 5.91 Å². The van der Waals surface area contributed by atoms with E-state index in [0.717, 1.165) is 5.56 Å². The number of halogens is 2. The van der Waals surface area contributed by atoms with Gasteiger partial charge in [-0.25, -0.2) is 0 Å². The van der Waals surface area contributed by atoms with E-state index in [1.165, 1.54) is 6.08 Å². The van der Waals surface area contributed by atoms with E-state index in [0.29, 0.717) is 21.5 Å². The average molecular weight is 322 g/mol. The fourth-order valence-electron chi connectivity index (χ4n) is 1.73. The van der Waals surface area contributed by atoms with Crippen molar-refractivity contribution in [2.45, 2.75) is 0 Å². The summed E-state index contributed by atoms with van der Waals surface area (Å²) in [5.74, 6) is 0.440. The number of benzene rings is 2. The summed E-state index contributed by atoms with van der Waals surface area (Å²) in [4.78, 5) is 11.9. The molecule has 0 fully saturated rings. The maximum Gasteiger partial charge on any atom is 0.248 e. The smallest absolute Gasteiger partial charge is 0.248 e. The van der Waals surface area contributed by atoms with Crippen LogP contribution in [0.15, 0.2) is 48.5 Å². The highest BCUT2D eigenvalue weighted by Crippen LogP contribution is 2.25. The van der Waals surface area contributed by atoms with Gasteiger partial charge < -0.3 is 10.1 Å². The first-order chi connectivity index (χ1) is 10.1. The Morgan fingerprint density at radius 2 is 1.90 bits per heavy atom. The lowest BCUT2D eigenvalue weighted by Gasteiger charge is -2.05. The summed E-state index contributed by atoms with van der Waals surface area (Å²) in [6.45, 7) is 0. The van der Waals surface area contributed by atoms with Crippen LogP contribution < -0.4 is 10.1 Å². The van der Waals surface area contributed by atoms with Crippen LogP contribution in [0.2, 0.25) is 10.0 Å². The van der Waals surface area contributed by atoms with Crippen molar-refractivity contribution in [3.05, 3.63) is 64.1 Å². The molecule has 5 heteroatoms. The van der Waals surface area contributed by atoms with Gasteiger partial charge in [0.25, 0.3) is 0 Å². The summed E-state index contributed by atoms with van der Waals surface area (Å²) in [6, 6.07) is 12.3. The van der Waals surface area contributed by atoms with Gasteiger partial charge in [-0.3, -0.25) is 4.79 Å². The molecule has 0 saturated heterocycles. The van der Waals surface area contributed by atoms with Gasteiger partial charge in [0.15, 0.2) is 0 Å². The molecule has 0 aliphatic rings. The zero-order valence-electron chi connectivity index (χ0n) is 11.3. The third kappa shape index (κ3) is 4.25. The molecule has 1 N–H and O–H groups in total. The fourth-order valence-corrected chi connectivity index (χ4v) is 2.03. The first kappa shape index (κ1) is 15.4. The Labute approximate surface area is 133 Å². The second kappa shape index (κ2) is 7.16. The van der Waals surface area contributed by atoms with E-state index in [9.17, 15) is 4.79 Å². The van der Waals surface area contributed by atoms with E-state index in [1.54, 1.807) is 31.4 Å². The molecule has 1 amide bonds. The number of ether oxygens (including phenoxy) is 1. The fraction of sp³-hybridized carbons (Fsp3) is 0.0625. The Morgan fingerprint density at radius 1 is 1.14 bits per heavy atom. The molecule has 2 aromatic carbocycles. The number of carbonyl (C=O) groups excluding carboxylic acids is 1.